The monoisotopic (exact) mass is 212 g/mol. The van der Waals surface area contributed by atoms with Gasteiger partial charge in [-0.2, -0.15) is 0 Å². The molecule has 0 atom stereocenters. The van der Waals surface area contributed by atoms with E-state index in [1.54, 1.807) is 11.3 Å². The first-order valence-corrected chi connectivity index (χ1v) is 5.54. The molecule has 1 aromatic heterocycles. The van der Waals surface area contributed by atoms with E-state index in [2.05, 4.69) is 0 Å². The van der Waals surface area contributed by atoms with Crippen molar-refractivity contribution in [3.63, 3.8) is 0 Å². The number of hydrogen-bond acceptors (Lipinski definition) is 3. The lowest BCUT2D eigenvalue weighted by Gasteiger charge is -2.19. The fourth-order valence-corrected chi connectivity index (χ4v) is 2.09. The van der Waals surface area contributed by atoms with Crippen LogP contribution in [0.1, 0.15) is 32.1 Å². The zero-order valence-electron chi connectivity index (χ0n) is 8.87. The van der Waals surface area contributed by atoms with Crippen molar-refractivity contribution in [3.05, 3.63) is 17.0 Å². The van der Waals surface area contributed by atoms with E-state index >= 15 is 0 Å². The van der Waals surface area contributed by atoms with Gasteiger partial charge in [-0.25, -0.2) is 0 Å². The predicted molar refractivity (Wildman–Crippen MR) is 59.1 cm³/mol. The van der Waals surface area contributed by atoms with Gasteiger partial charge in [-0.05, 0) is 39.3 Å². The first-order valence-electron chi connectivity index (χ1n) is 4.72. The second-order valence-electron chi connectivity index (χ2n) is 4.14. The third kappa shape index (κ3) is 3.92. The standard InChI is InChI=1S/C11H16O2S/c1-11(2,3)13-10-7-6-9(14-10)5-4-8-12/h6-8H,4-5H2,1-3H3. The van der Waals surface area contributed by atoms with E-state index in [9.17, 15) is 4.79 Å². The summed E-state index contributed by atoms with van der Waals surface area (Å²) in [4.78, 5) is 11.4. The average molecular weight is 212 g/mol. The summed E-state index contributed by atoms with van der Waals surface area (Å²) in [6, 6.07) is 3.99. The largest absolute Gasteiger partial charge is 0.479 e. The first-order chi connectivity index (χ1) is 6.51. The number of hydrogen-bond donors (Lipinski definition) is 0. The fourth-order valence-electron chi connectivity index (χ4n) is 1.05. The molecule has 0 aromatic carbocycles. The third-order valence-electron chi connectivity index (χ3n) is 1.55. The molecule has 0 N–H and O–H groups in total. The van der Waals surface area contributed by atoms with Crippen LogP contribution in [0.3, 0.4) is 0 Å². The molecule has 1 heterocycles. The molecule has 0 aliphatic heterocycles. The van der Waals surface area contributed by atoms with Gasteiger partial charge in [-0.3, -0.25) is 0 Å². The minimum Gasteiger partial charge on any atom is -0.479 e. The Labute approximate surface area is 88.9 Å². The van der Waals surface area contributed by atoms with E-state index < -0.39 is 0 Å². The summed E-state index contributed by atoms with van der Waals surface area (Å²) in [7, 11) is 0. The number of ether oxygens (including phenoxy) is 1. The number of aldehydes is 1. The summed E-state index contributed by atoms with van der Waals surface area (Å²) in [5.41, 5.74) is -0.146. The number of aryl methyl sites for hydroxylation is 1. The molecular formula is C11H16O2S. The molecule has 0 saturated carbocycles. The van der Waals surface area contributed by atoms with Gasteiger partial charge in [0.15, 0.2) is 5.06 Å². The van der Waals surface area contributed by atoms with Crippen LogP contribution in [0.15, 0.2) is 12.1 Å². The molecule has 0 amide bonds. The van der Waals surface area contributed by atoms with Crippen LogP contribution in [0.25, 0.3) is 0 Å². The molecule has 1 aromatic rings. The van der Waals surface area contributed by atoms with Crippen molar-refractivity contribution >= 4 is 17.6 Å². The molecule has 0 spiro atoms. The van der Waals surface area contributed by atoms with Crippen LogP contribution in [-0.4, -0.2) is 11.9 Å². The average Bonchev–Trinajstić information content (AvgIpc) is 2.46. The maximum Gasteiger partial charge on any atom is 0.174 e. The third-order valence-corrected chi connectivity index (χ3v) is 2.58. The highest BCUT2D eigenvalue weighted by Crippen LogP contribution is 2.28. The first kappa shape index (κ1) is 11.2. The Hall–Kier alpha value is -0.830. The highest BCUT2D eigenvalue weighted by atomic mass is 32.1. The zero-order chi connectivity index (χ0) is 10.6. The second-order valence-corrected chi connectivity index (χ2v) is 5.27. The minimum absolute atomic E-state index is 0.146. The van der Waals surface area contributed by atoms with Crippen molar-refractivity contribution in [1.29, 1.82) is 0 Å². The lowest BCUT2D eigenvalue weighted by Crippen LogP contribution is -2.22. The lowest BCUT2D eigenvalue weighted by molar-refractivity contribution is -0.107. The summed E-state index contributed by atoms with van der Waals surface area (Å²) in [6.07, 6.45) is 2.36. The van der Waals surface area contributed by atoms with E-state index in [0.717, 1.165) is 17.8 Å². The molecule has 78 valence electrons. The molecule has 14 heavy (non-hydrogen) atoms. The van der Waals surface area contributed by atoms with E-state index in [1.807, 2.05) is 32.9 Å². The maximum absolute atomic E-state index is 10.2. The van der Waals surface area contributed by atoms with Gasteiger partial charge in [0.1, 0.15) is 11.9 Å². The maximum atomic E-state index is 10.2. The van der Waals surface area contributed by atoms with Crippen molar-refractivity contribution in [2.45, 2.75) is 39.2 Å². The molecule has 1 rings (SSSR count). The Bertz CT molecular complexity index is 296. The zero-order valence-corrected chi connectivity index (χ0v) is 9.69. The minimum atomic E-state index is -0.146. The topological polar surface area (TPSA) is 26.3 Å². The van der Waals surface area contributed by atoms with Gasteiger partial charge in [-0.1, -0.05) is 0 Å². The van der Waals surface area contributed by atoms with Crippen LogP contribution in [0.5, 0.6) is 5.06 Å². The van der Waals surface area contributed by atoms with Gasteiger partial charge >= 0.3 is 0 Å². The normalized spacial score (nSPS) is 11.4. The summed E-state index contributed by atoms with van der Waals surface area (Å²) >= 11 is 1.62. The summed E-state index contributed by atoms with van der Waals surface area (Å²) in [5.74, 6) is 0. The van der Waals surface area contributed by atoms with Crippen molar-refractivity contribution in [3.8, 4) is 5.06 Å². The van der Waals surface area contributed by atoms with Crippen LogP contribution >= 0.6 is 11.3 Å². The van der Waals surface area contributed by atoms with E-state index in [-0.39, 0.29) is 5.60 Å². The van der Waals surface area contributed by atoms with Gasteiger partial charge in [0.25, 0.3) is 0 Å². The van der Waals surface area contributed by atoms with Gasteiger partial charge in [0, 0.05) is 11.3 Å². The molecule has 0 unspecified atom stereocenters. The molecule has 0 radical (unpaired) electrons. The summed E-state index contributed by atoms with van der Waals surface area (Å²) in [5, 5.41) is 0.929. The molecule has 0 bridgehead atoms. The Balaban J connectivity index is 2.55. The molecule has 3 heteroatoms. The molecule has 0 aliphatic rings. The lowest BCUT2D eigenvalue weighted by atomic mass is 10.2. The Kier molecular flexibility index (Phi) is 3.69. The van der Waals surface area contributed by atoms with Crippen LogP contribution < -0.4 is 4.74 Å². The van der Waals surface area contributed by atoms with Gasteiger partial charge in [0.05, 0.1) is 0 Å². The Morgan fingerprint density at radius 3 is 2.71 bits per heavy atom. The number of rotatable bonds is 4. The molecule has 0 fully saturated rings. The van der Waals surface area contributed by atoms with Crippen LogP contribution in [0, 0.1) is 0 Å². The Morgan fingerprint density at radius 2 is 2.14 bits per heavy atom. The second kappa shape index (κ2) is 4.60. The van der Waals surface area contributed by atoms with Crippen molar-refractivity contribution in [1.82, 2.24) is 0 Å². The summed E-state index contributed by atoms with van der Waals surface area (Å²) in [6.45, 7) is 6.08. The van der Waals surface area contributed by atoms with Crippen molar-refractivity contribution < 1.29 is 9.53 Å². The summed E-state index contributed by atoms with van der Waals surface area (Å²) < 4.78 is 5.69. The van der Waals surface area contributed by atoms with E-state index in [4.69, 9.17) is 4.74 Å². The number of thiophene rings is 1. The van der Waals surface area contributed by atoms with Crippen LogP contribution in [0.4, 0.5) is 0 Å². The van der Waals surface area contributed by atoms with Crippen molar-refractivity contribution in [2.24, 2.45) is 0 Å². The SMILES string of the molecule is CC(C)(C)Oc1ccc(CCC=O)s1. The quantitative estimate of drug-likeness (QED) is 0.717. The van der Waals surface area contributed by atoms with Crippen LogP contribution in [-0.2, 0) is 11.2 Å². The van der Waals surface area contributed by atoms with E-state index in [1.165, 1.54) is 4.88 Å². The van der Waals surface area contributed by atoms with Gasteiger partial charge in [-0.15, -0.1) is 11.3 Å². The van der Waals surface area contributed by atoms with Crippen LogP contribution in [0.2, 0.25) is 0 Å². The fraction of sp³-hybridized carbons (Fsp3) is 0.545. The highest BCUT2D eigenvalue weighted by molar-refractivity contribution is 7.13. The predicted octanol–water partition coefficient (Wildman–Crippen LogP) is 3.06. The Morgan fingerprint density at radius 1 is 1.43 bits per heavy atom. The van der Waals surface area contributed by atoms with Crippen molar-refractivity contribution in [2.75, 3.05) is 0 Å². The number of carbonyl (C=O) groups excluding carboxylic acids is 1. The molecular weight excluding hydrogens is 196 g/mol. The molecule has 0 aliphatic carbocycles. The van der Waals surface area contributed by atoms with E-state index in [0.29, 0.717) is 6.42 Å². The smallest absolute Gasteiger partial charge is 0.174 e. The highest BCUT2D eigenvalue weighted by Gasteiger charge is 2.12. The van der Waals surface area contributed by atoms with Gasteiger partial charge in [0.2, 0.25) is 0 Å². The molecule has 0 saturated heterocycles. The number of carbonyl (C=O) groups is 1. The van der Waals surface area contributed by atoms with Gasteiger partial charge < -0.3 is 9.53 Å². The molecule has 2 nitrogen and oxygen atoms in total.